The lowest BCUT2D eigenvalue weighted by molar-refractivity contribution is 0.0240. The Morgan fingerprint density at radius 1 is 1.07 bits per heavy atom. The molecule has 4 heterocycles. The van der Waals surface area contributed by atoms with Crippen LogP contribution in [0.1, 0.15) is 56.9 Å². The minimum absolute atomic E-state index is 0.00776. The van der Waals surface area contributed by atoms with E-state index in [0.717, 1.165) is 36.2 Å². The van der Waals surface area contributed by atoms with E-state index < -0.39 is 23.8 Å². The maximum Gasteiger partial charge on any atom is 0.410 e. The van der Waals surface area contributed by atoms with Gasteiger partial charge in [0.15, 0.2) is 0 Å². The van der Waals surface area contributed by atoms with Crippen LogP contribution < -0.4 is 9.80 Å². The van der Waals surface area contributed by atoms with Gasteiger partial charge in [-0.3, -0.25) is 4.90 Å². The summed E-state index contributed by atoms with van der Waals surface area (Å²) in [5.74, 6) is 1.21. The number of hydrogen-bond donors (Lipinski definition) is 1. The van der Waals surface area contributed by atoms with Crippen LogP contribution in [0.3, 0.4) is 0 Å². The number of aliphatic hydroxyl groups excluding tert-OH is 1. The van der Waals surface area contributed by atoms with E-state index >= 15 is 0 Å². The largest absolute Gasteiger partial charge is 0.445 e. The Hall–Kier alpha value is -4.11. The normalized spacial score (nSPS) is 20.4. The molecule has 2 fully saturated rings. The average molecular weight is 578 g/mol. The number of hydrogen-bond acceptors (Lipinski definition) is 10. The molecule has 2 amide bonds. The molecule has 1 aromatic carbocycles. The number of carbonyl (C=O) groups is 2. The van der Waals surface area contributed by atoms with E-state index in [1.807, 2.05) is 56.0 Å². The number of benzene rings is 1. The molecule has 2 saturated heterocycles. The van der Waals surface area contributed by atoms with Crippen LogP contribution in [-0.4, -0.2) is 87.5 Å². The van der Waals surface area contributed by atoms with Crippen molar-refractivity contribution in [2.24, 2.45) is 0 Å². The number of anilines is 2. The second-order valence-corrected chi connectivity index (χ2v) is 12.0. The monoisotopic (exact) mass is 577 g/mol. The van der Waals surface area contributed by atoms with Gasteiger partial charge in [0, 0.05) is 31.7 Å². The summed E-state index contributed by atoms with van der Waals surface area (Å²) in [6, 6.07) is 11.2. The number of amides is 2. The highest BCUT2D eigenvalue weighted by molar-refractivity contribution is 5.71. The summed E-state index contributed by atoms with van der Waals surface area (Å²) < 4.78 is 11.2. The highest BCUT2D eigenvalue weighted by Gasteiger charge is 2.38. The summed E-state index contributed by atoms with van der Waals surface area (Å²) in [6.07, 6.45) is 1.05. The predicted octanol–water partition coefficient (Wildman–Crippen LogP) is 3.43. The molecule has 0 unspecified atom stereocenters. The molecule has 12 nitrogen and oxygen atoms in total. The van der Waals surface area contributed by atoms with Gasteiger partial charge in [0.05, 0.1) is 50.0 Å². The third kappa shape index (κ3) is 6.51. The van der Waals surface area contributed by atoms with Crippen LogP contribution in [0.5, 0.6) is 0 Å². The van der Waals surface area contributed by atoms with Gasteiger partial charge < -0.3 is 29.3 Å². The van der Waals surface area contributed by atoms with Crippen molar-refractivity contribution in [1.29, 1.82) is 5.26 Å². The SMILES string of the molecule is CC(C)(C)OC(=O)N1Cc2nc(N3CCC[C@H]3CO)nc(N3CCN(C(=O)OCc4ccccc4)[C@@H](CC#N)C3)c2C1. The van der Waals surface area contributed by atoms with Gasteiger partial charge in [-0.1, -0.05) is 30.3 Å². The van der Waals surface area contributed by atoms with Crippen molar-refractivity contribution in [3.05, 3.63) is 47.2 Å². The van der Waals surface area contributed by atoms with Gasteiger partial charge in [-0.05, 0) is 39.2 Å². The van der Waals surface area contributed by atoms with Crippen LogP contribution in [0.25, 0.3) is 0 Å². The standard InChI is InChI=1S/C30H39N7O5/c1-30(2,3)42-28(39)35-17-24-25(18-35)32-27(36-13-7-10-23(36)19-38)33-26(24)34-14-15-37(22(16-34)11-12-31)29(40)41-20-21-8-5-4-6-9-21/h4-6,8-9,22-23,38H,7,10-11,13-20H2,1-3H3/t22-,23-/m0/s1. The summed E-state index contributed by atoms with van der Waals surface area (Å²) >= 11 is 0. The molecule has 224 valence electrons. The van der Waals surface area contributed by atoms with Crippen molar-refractivity contribution in [3.63, 3.8) is 0 Å². The first-order valence-corrected chi connectivity index (χ1v) is 14.5. The van der Waals surface area contributed by atoms with Crippen molar-refractivity contribution >= 4 is 24.0 Å². The Balaban J connectivity index is 1.39. The molecular formula is C30H39N7O5. The van der Waals surface area contributed by atoms with Crippen molar-refractivity contribution in [1.82, 2.24) is 19.8 Å². The highest BCUT2D eigenvalue weighted by atomic mass is 16.6. The van der Waals surface area contributed by atoms with Crippen molar-refractivity contribution < 1.29 is 24.2 Å². The second kappa shape index (κ2) is 12.4. The molecule has 0 aliphatic carbocycles. The number of ether oxygens (including phenoxy) is 2. The van der Waals surface area contributed by atoms with E-state index in [2.05, 4.69) is 11.0 Å². The van der Waals surface area contributed by atoms with Crippen molar-refractivity contribution in [2.75, 3.05) is 42.6 Å². The van der Waals surface area contributed by atoms with E-state index in [0.29, 0.717) is 37.9 Å². The lowest BCUT2D eigenvalue weighted by Gasteiger charge is -2.41. The second-order valence-electron chi connectivity index (χ2n) is 12.0. The Labute approximate surface area is 246 Å². The Morgan fingerprint density at radius 3 is 2.57 bits per heavy atom. The Bertz CT molecular complexity index is 1330. The maximum absolute atomic E-state index is 13.1. The molecular weight excluding hydrogens is 538 g/mol. The van der Waals surface area contributed by atoms with Crippen LogP contribution in [0.15, 0.2) is 30.3 Å². The number of fused-ring (bicyclic) bond motifs is 1. The molecule has 3 aliphatic rings. The molecule has 5 rings (SSSR count). The molecule has 0 spiro atoms. The fourth-order valence-corrected chi connectivity index (χ4v) is 5.73. The number of aliphatic hydroxyl groups is 1. The lowest BCUT2D eigenvalue weighted by atomic mass is 10.1. The summed E-state index contributed by atoms with van der Waals surface area (Å²) in [7, 11) is 0. The smallest absolute Gasteiger partial charge is 0.410 e. The summed E-state index contributed by atoms with van der Waals surface area (Å²) in [5.41, 5.74) is 1.83. The molecule has 2 atom stereocenters. The van der Waals surface area contributed by atoms with E-state index in [-0.39, 0.29) is 32.2 Å². The fourth-order valence-electron chi connectivity index (χ4n) is 5.73. The van der Waals surface area contributed by atoms with Crippen LogP contribution in [0, 0.1) is 11.3 Å². The van der Waals surface area contributed by atoms with Gasteiger partial charge in [-0.2, -0.15) is 10.2 Å². The highest BCUT2D eigenvalue weighted by Crippen LogP contribution is 2.35. The molecule has 42 heavy (non-hydrogen) atoms. The zero-order valence-corrected chi connectivity index (χ0v) is 24.5. The number of nitriles is 1. The first-order valence-electron chi connectivity index (χ1n) is 14.5. The molecule has 0 radical (unpaired) electrons. The van der Waals surface area contributed by atoms with E-state index in [1.54, 1.807) is 9.80 Å². The number of aromatic nitrogens is 2. The van der Waals surface area contributed by atoms with Gasteiger partial charge in [0.2, 0.25) is 5.95 Å². The minimum Gasteiger partial charge on any atom is -0.445 e. The first-order chi connectivity index (χ1) is 20.2. The quantitative estimate of drug-likeness (QED) is 0.544. The fraction of sp³-hybridized carbons (Fsp3) is 0.567. The molecule has 2 aromatic rings. The number of nitrogens with zero attached hydrogens (tertiary/aromatic N) is 7. The van der Waals surface area contributed by atoms with E-state index in [4.69, 9.17) is 19.4 Å². The first kappa shape index (κ1) is 29.4. The minimum atomic E-state index is -0.634. The Kier molecular flexibility index (Phi) is 8.68. The van der Waals surface area contributed by atoms with Crippen LogP contribution in [-0.2, 0) is 29.2 Å². The van der Waals surface area contributed by atoms with Gasteiger partial charge in [0.25, 0.3) is 0 Å². The van der Waals surface area contributed by atoms with Gasteiger partial charge in [-0.15, -0.1) is 0 Å². The number of piperazine rings is 1. The third-order valence-electron chi connectivity index (χ3n) is 7.79. The van der Waals surface area contributed by atoms with Crippen LogP contribution in [0.4, 0.5) is 21.4 Å². The van der Waals surface area contributed by atoms with Gasteiger partial charge in [0.1, 0.15) is 18.0 Å². The van der Waals surface area contributed by atoms with Crippen LogP contribution >= 0.6 is 0 Å². The predicted molar refractivity (Wildman–Crippen MR) is 155 cm³/mol. The zero-order chi connectivity index (χ0) is 29.9. The molecule has 1 aromatic heterocycles. The van der Waals surface area contributed by atoms with Crippen LogP contribution in [0.2, 0.25) is 0 Å². The van der Waals surface area contributed by atoms with Gasteiger partial charge in [-0.25, -0.2) is 14.6 Å². The third-order valence-corrected chi connectivity index (χ3v) is 7.79. The molecule has 3 aliphatic heterocycles. The average Bonchev–Trinajstić information content (AvgIpc) is 3.62. The van der Waals surface area contributed by atoms with Gasteiger partial charge >= 0.3 is 12.2 Å². The molecule has 12 heteroatoms. The molecule has 0 bridgehead atoms. The summed E-state index contributed by atoms with van der Waals surface area (Å²) in [4.78, 5) is 43.3. The van der Waals surface area contributed by atoms with Crippen molar-refractivity contribution in [2.45, 2.75) is 77.4 Å². The Morgan fingerprint density at radius 2 is 1.86 bits per heavy atom. The number of carbonyl (C=O) groups excluding carboxylic acids is 2. The van der Waals surface area contributed by atoms with E-state index in [9.17, 15) is 20.0 Å². The molecule has 0 saturated carbocycles. The molecule has 1 N–H and O–H groups in total. The number of rotatable bonds is 6. The lowest BCUT2D eigenvalue weighted by Crippen LogP contribution is -2.55. The zero-order valence-electron chi connectivity index (χ0n) is 24.5. The van der Waals surface area contributed by atoms with Crippen molar-refractivity contribution in [3.8, 4) is 6.07 Å². The summed E-state index contributed by atoms with van der Waals surface area (Å²) in [6.45, 7) is 8.19. The van der Waals surface area contributed by atoms with E-state index in [1.165, 1.54) is 0 Å². The maximum atomic E-state index is 13.1. The topological polar surface area (TPSA) is 135 Å². The summed E-state index contributed by atoms with van der Waals surface area (Å²) in [5, 5.41) is 19.6.